The maximum Gasteiger partial charge on any atom is 0.272 e. The topological polar surface area (TPSA) is 55.8 Å². The standard InChI is InChI=1S/C22H30N6O/c1-18-16-20(24-22(23-18)28-12-8-25(2)9-13-28)21(29)27-14-10-26(11-15-27)17-19-6-4-3-5-7-19/h3-7,16H,8-15,17H2,1-2H3. The molecule has 0 bridgehead atoms. The Kier molecular flexibility index (Phi) is 6.06. The van der Waals surface area contributed by atoms with E-state index in [4.69, 9.17) is 0 Å². The molecule has 3 heterocycles. The Morgan fingerprint density at radius 2 is 1.62 bits per heavy atom. The quantitative estimate of drug-likeness (QED) is 0.783. The highest BCUT2D eigenvalue weighted by atomic mass is 16.2. The van der Waals surface area contributed by atoms with Gasteiger partial charge in [0.2, 0.25) is 5.95 Å². The lowest BCUT2D eigenvalue weighted by molar-refractivity contribution is 0.0622. The van der Waals surface area contributed by atoms with Gasteiger partial charge in [-0.3, -0.25) is 9.69 Å². The fourth-order valence-electron chi connectivity index (χ4n) is 3.92. The zero-order valence-electron chi connectivity index (χ0n) is 17.4. The molecule has 2 aliphatic rings. The summed E-state index contributed by atoms with van der Waals surface area (Å²) in [6, 6.07) is 12.3. The van der Waals surface area contributed by atoms with Crippen molar-refractivity contribution in [1.29, 1.82) is 0 Å². The number of carbonyl (C=O) groups is 1. The Labute approximate surface area is 172 Å². The van der Waals surface area contributed by atoms with Crippen LogP contribution in [0, 0.1) is 6.92 Å². The van der Waals surface area contributed by atoms with Gasteiger partial charge in [-0.2, -0.15) is 0 Å². The Morgan fingerprint density at radius 3 is 2.31 bits per heavy atom. The molecule has 0 radical (unpaired) electrons. The summed E-state index contributed by atoms with van der Waals surface area (Å²) >= 11 is 0. The molecule has 2 aliphatic heterocycles. The average Bonchev–Trinajstić information content (AvgIpc) is 2.74. The van der Waals surface area contributed by atoms with Crippen molar-refractivity contribution in [3.05, 3.63) is 53.3 Å². The van der Waals surface area contributed by atoms with Crippen LogP contribution in [-0.4, -0.2) is 90.0 Å². The molecule has 154 valence electrons. The molecule has 0 unspecified atom stereocenters. The van der Waals surface area contributed by atoms with E-state index in [1.165, 1.54) is 5.56 Å². The normalized spacial score (nSPS) is 18.8. The van der Waals surface area contributed by atoms with Crippen molar-refractivity contribution in [2.75, 3.05) is 64.3 Å². The Hall–Kier alpha value is -2.51. The Balaban J connectivity index is 1.38. The van der Waals surface area contributed by atoms with Crippen LogP contribution in [0.5, 0.6) is 0 Å². The van der Waals surface area contributed by atoms with Crippen molar-refractivity contribution >= 4 is 11.9 Å². The third-order valence-corrected chi connectivity index (χ3v) is 5.76. The first kappa shape index (κ1) is 19.8. The molecular weight excluding hydrogens is 364 g/mol. The van der Waals surface area contributed by atoms with Crippen molar-refractivity contribution in [3.63, 3.8) is 0 Å². The highest BCUT2D eigenvalue weighted by Gasteiger charge is 2.25. The molecule has 7 nitrogen and oxygen atoms in total. The number of aryl methyl sites for hydroxylation is 1. The molecule has 0 atom stereocenters. The lowest BCUT2D eigenvalue weighted by atomic mass is 10.2. The van der Waals surface area contributed by atoms with Crippen LogP contribution in [0.3, 0.4) is 0 Å². The van der Waals surface area contributed by atoms with Crippen LogP contribution in [-0.2, 0) is 6.54 Å². The molecule has 7 heteroatoms. The molecule has 1 aromatic heterocycles. The number of likely N-dealkylation sites (N-methyl/N-ethyl adjacent to an activating group) is 1. The van der Waals surface area contributed by atoms with Crippen LogP contribution >= 0.6 is 0 Å². The van der Waals surface area contributed by atoms with E-state index in [0.717, 1.165) is 64.6 Å². The number of carbonyl (C=O) groups excluding carboxylic acids is 1. The molecule has 1 amide bonds. The van der Waals surface area contributed by atoms with Crippen molar-refractivity contribution in [1.82, 2.24) is 24.7 Å². The fraction of sp³-hybridized carbons (Fsp3) is 0.500. The van der Waals surface area contributed by atoms with Crippen molar-refractivity contribution < 1.29 is 4.79 Å². The smallest absolute Gasteiger partial charge is 0.272 e. The number of hydrogen-bond donors (Lipinski definition) is 0. The molecule has 0 N–H and O–H groups in total. The minimum atomic E-state index is 0.0187. The highest BCUT2D eigenvalue weighted by molar-refractivity contribution is 5.92. The highest BCUT2D eigenvalue weighted by Crippen LogP contribution is 2.16. The number of piperazine rings is 2. The molecule has 2 saturated heterocycles. The Bertz CT molecular complexity index is 826. The average molecular weight is 395 g/mol. The van der Waals surface area contributed by atoms with Gasteiger partial charge in [0.25, 0.3) is 5.91 Å². The van der Waals surface area contributed by atoms with Gasteiger partial charge in [0.05, 0.1) is 0 Å². The lowest BCUT2D eigenvalue weighted by Crippen LogP contribution is -2.48. The van der Waals surface area contributed by atoms with E-state index in [1.807, 2.05) is 24.0 Å². The summed E-state index contributed by atoms with van der Waals surface area (Å²) in [6.07, 6.45) is 0. The van der Waals surface area contributed by atoms with Gasteiger partial charge in [0.15, 0.2) is 0 Å². The van der Waals surface area contributed by atoms with Gasteiger partial charge in [-0.1, -0.05) is 30.3 Å². The van der Waals surface area contributed by atoms with Gasteiger partial charge in [0.1, 0.15) is 5.69 Å². The maximum absolute atomic E-state index is 13.1. The van der Waals surface area contributed by atoms with Gasteiger partial charge in [-0.05, 0) is 25.6 Å². The summed E-state index contributed by atoms with van der Waals surface area (Å²) in [4.78, 5) is 31.1. The van der Waals surface area contributed by atoms with Gasteiger partial charge in [-0.15, -0.1) is 0 Å². The summed E-state index contributed by atoms with van der Waals surface area (Å²) in [5, 5.41) is 0. The van der Waals surface area contributed by atoms with E-state index in [2.05, 4.69) is 56.0 Å². The summed E-state index contributed by atoms with van der Waals surface area (Å²) < 4.78 is 0. The SMILES string of the molecule is Cc1cc(C(=O)N2CCN(Cc3ccccc3)CC2)nc(N2CCN(C)CC2)n1. The number of anilines is 1. The van der Waals surface area contributed by atoms with Crippen molar-refractivity contribution in [3.8, 4) is 0 Å². The number of rotatable bonds is 4. The van der Waals surface area contributed by atoms with Crippen LogP contribution in [0.4, 0.5) is 5.95 Å². The molecule has 4 rings (SSSR count). The van der Waals surface area contributed by atoms with Gasteiger partial charge >= 0.3 is 0 Å². The van der Waals surface area contributed by atoms with Gasteiger partial charge < -0.3 is 14.7 Å². The number of benzene rings is 1. The summed E-state index contributed by atoms with van der Waals surface area (Å²) in [5.41, 5.74) is 2.68. The molecule has 29 heavy (non-hydrogen) atoms. The van der Waals surface area contributed by atoms with Crippen LogP contribution in [0.15, 0.2) is 36.4 Å². The second-order valence-corrected chi connectivity index (χ2v) is 8.04. The largest absolute Gasteiger partial charge is 0.338 e. The summed E-state index contributed by atoms with van der Waals surface area (Å²) in [7, 11) is 2.13. The van der Waals surface area contributed by atoms with E-state index < -0.39 is 0 Å². The van der Waals surface area contributed by atoms with Crippen LogP contribution in [0.25, 0.3) is 0 Å². The summed E-state index contributed by atoms with van der Waals surface area (Å²) in [6.45, 7) is 9.88. The predicted molar refractivity (Wildman–Crippen MR) is 114 cm³/mol. The summed E-state index contributed by atoms with van der Waals surface area (Å²) in [5.74, 6) is 0.703. The third kappa shape index (κ3) is 4.92. The molecule has 1 aromatic carbocycles. The first-order valence-corrected chi connectivity index (χ1v) is 10.4. The molecule has 0 saturated carbocycles. The minimum absolute atomic E-state index is 0.0187. The van der Waals surface area contributed by atoms with E-state index in [9.17, 15) is 4.79 Å². The third-order valence-electron chi connectivity index (χ3n) is 5.76. The molecule has 2 fully saturated rings. The monoisotopic (exact) mass is 394 g/mol. The molecule has 0 spiro atoms. The van der Waals surface area contributed by atoms with Crippen molar-refractivity contribution in [2.24, 2.45) is 0 Å². The number of hydrogen-bond acceptors (Lipinski definition) is 6. The number of amides is 1. The lowest BCUT2D eigenvalue weighted by Gasteiger charge is -2.35. The molecular formula is C22H30N6O. The minimum Gasteiger partial charge on any atom is -0.338 e. The van der Waals surface area contributed by atoms with Crippen LogP contribution in [0.1, 0.15) is 21.7 Å². The first-order valence-electron chi connectivity index (χ1n) is 10.4. The van der Waals surface area contributed by atoms with Gasteiger partial charge in [-0.25, -0.2) is 9.97 Å². The van der Waals surface area contributed by atoms with E-state index in [0.29, 0.717) is 11.6 Å². The maximum atomic E-state index is 13.1. The zero-order chi connectivity index (χ0) is 20.2. The van der Waals surface area contributed by atoms with E-state index in [1.54, 1.807) is 0 Å². The first-order chi connectivity index (χ1) is 14.1. The molecule has 2 aromatic rings. The van der Waals surface area contributed by atoms with E-state index in [-0.39, 0.29) is 5.91 Å². The fourth-order valence-corrected chi connectivity index (χ4v) is 3.92. The van der Waals surface area contributed by atoms with Crippen LogP contribution < -0.4 is 4.90 Å². The van der Waals surface area contributed by atoms with Gasteiger partial charge in [0, 0.05) is 64.6 Å². The molecule has 0 aliphatic carbocycles. The van der Waals surface area contributed by atoms with E-state index >= 15 is 0 Å². The number of nitrogens with zero attached hydrogens (tertiary/aromatic N) is 6. The number of aromatic nitrogens is 2. The van der Waals surface area contributed by atoms with Crippen LogP contribution in [0.2, 0.25) is 0 Å². The predicted octanol–water partition coefficient (Wildman–Crippen LogP) is 1.49. The second-order valence-electron chi connectivity index (χ2n) is 8.04. The Morgan fingerprint density at radius 1 is 0.931 bits per heavy atom. The zero-order valence-corrected chi connectivity index (χ0v) is 17.4. The van der Waals surface area contributed by atoms with Crippen molar-refractivity contribution in [2.45, 2.75) is 13.5 Å². The second kappa shape index (κ2) is 8.88.